The summed E-state index contributed by atoms with van der Waals surface area (Å²) in [6.45, 7) is 6.88. The molecule has 5 rings (SSSR count). The summed E-state index contributed by atoms with van der Waals surface area (Å²) in [4.78, 5) is 29.9. The summed E-state index contributed by atoms with van der Waals surface area (Å²) in [6.07, 6.45) is 1.50. The minimum absolute atomic E-state index is 0.0697. The van der Waals surface area contributed by atoms with Crippen LogP contribution in [0.5, 0.6) is 0 Å². The molecule has 6 nitrogen and oxygen atoms in total. The monoisotopic (exact) mass is 583 g/mol. The largest absolute Gasteiger partial charge is 0.462 e. The Kier molecular flexibility index (Phi) is 9.78. The lowest BCUT2D eigenvalue weighted by Gasteiger charge is -2.33. The highest BCUT2D eigenvalue weighted by molar-refractivity contribution is 6.30. The number of rotatable bonds is 8. The van der Waals surface area contributed by atoms with Crippen molar-refractivity contribution in [1.82, 2.24) is 15.5 Å². The predicted octanol–water partition coefficient (Wildman–Crippen LogP) is 6.16. The number of nitrogens with zero attached hydrogens (tertiary/aromatic N) is 1. The lowest BCUT2D eigenvalue weighted by Crippen LogP contribution is -2.40. The molecule has 0 radical (unpaired) electrons. The molecule has 1 unspecified atom stereocenters. The van der Waals surface area contributed by atoms with Crippen LogP contribution >= 0.6 is 11.6 Å². The highest BCUT2D eigenvalue weighted by Gasteiger charge is 2.39. The number of dihydropyridines is 1. The van der Waals surface area contributed by atoms with Gasteiger partial charge in [0.05, 0.1) is 18.1 Å². The molecule has 1 saturated heterocycles. The maximum absolute atomic E-state index is 14.1. The van der Waals surface area contributed by atoms with Crippen molar-refractivity contribution >= 4 is 23.5 Å². The second-order valence-corrected chi connectivity index (χ2v) is 11.3. The molecule has 0 aliphatic carbocycles. The molecule has 1 amide bonds. The maximum Gasteiger partial charge on any atom is 0.336 e. The number of allylic oxidation sites excluding steroid dienone is 2. The van der Waals surface area contributed by atoms with Crippen LogP contribution in [0.25, 0.3) is 0 Å². The van der Waals surface area contributed by atoms with E-state index in [2.05, 4.69) is 34.9 Å². The molecule has 2 heterocycles. The Bertz CT molecular complexity index is 1420. The van der Waals surface area contributed by atoms with E-state index in [-0.39, 0.29) is 18.4 Å². The smallest absolute Gasteiger partial charge is 0.336 e. The summed E-state index contributed by atoms with van der Waals surface area (Å²) in [5.41, 5.74) is 5.55. The second kappa shape index (κ2) is 13.9. The molecule has 0 spiro atoms. The normalized spacial score (nSPS) is 17.6. The fraction of sp³-hybridized carbons (Fsp3) is 0.314. The minimum atomic E-state index is -0.597. The van der Waals surface area contributed by atoms with Gasteiger partial charge in [0.2, 0.25) is 0 Å². The molecular formula is C35H38ClN3O3. The van der Waals surface area contributed by atoms with Gasteiger partial charge in [0, 0.05) is 47.5 Å². The van der Waals surface area contributed by atoms with Crippen molar-refractivity contribution < 1.29 is 14.3 Å². The van der Waals surface area contributed by atoms with E-state index < -0.39 is 11.9 Å². The predicted molar refractivity (Wildman–Crippen MR) is 167 cm³/mol. The Hall–Kier alpha value is -3.87. The van der Waals surface area contributed by atoms with Crippen LogP contribution in [0.1, 0.15) is 55.2 Å². The van der Waals surface area contributed by atoms with E-state index in [1.807, 2.05) is 73.3 Å². The van der Waals surface area contributed by atoms with Crippen molar-refractivity contribution in [2.75, 3.05) is 32.8 Å². The van der Waals surface area contributed by atoms with Gasteiger partial charge >= 0.3 is 5.97 Å². The average Bonchev–Trinajstić information content (AvgIpc) is 3.29. The van der Waals surface area contributed by atoms with Crippen molar-refractivity contribution in [3.8, 4) is 0 Å². The van der Waals surface area contributed by atoms with Crippen LogP contribution in [0.4, 0.5) is 0 Å². The zero-order valence-corrected chi connectivity index (χ0v) is 25.0. The van der Waals surface area contributed by atoms with E-state index in [1.54, 1.807) is 6.07 Å². The molecule has 7 heteroatoms. The zero-order chi connectivity index (χ0) is 29.5. The first kappa shape index (κ1) is 29.6. The van der Waals surface area contributed by atoms with E-state index in [1.165, 1.54) is 11.1 Å². The highest BCUT2D eigenvalue weighted by atomic mass is 35.5. The van der Waals surface area contributed by atoms with E-state index in [4.69, 9.17) is 16.3 Å². The molecule has 2 aliphatic heterocycles. The summed E-state index contributed by atoms with van der Waals surface area (Å²) in [5, 5.41) is 7.23. The average molecular weight is 584 g/mol. The molecule has 42 heavy (non-hydrogen) atoms. The molecule has 2 aliphatic rings. The van der Waals surface area contributed by atoms with Gasteiger partial charge in [-0.3, -0.25) is 4.79 Å². The van der Waals surface area contributed by atoms with Crippen LogP contribution in [0.3, 0.4) is 0 Å². The number of benzene rings is 3. The number of halogens is 1. The Labute approximate surface area is 253 Å². The SMILES string of the molecule is CC1=C(C(=O)OCCC(c2ccccc2)c2ccccc2)C(c2cccc(Cl)c2)C(C(=O)N2CCCNCC2)=C(C)N1. The second-order valence-electron chi connectivity index (χ2n) is 10.9. The molecule has 0 bridgehead atoms. The first-order chi connectivity index (χ1) is 20.4. The molecule has 1 atom stereocenters. The zero-order valence-electron chi connectivity index (χ0n) is 24.2. The van der Waals surface area contributed by atoms with Gasteiger partial charge in [0.15, 0.2) is 0 Å². The maximum atomic E-state index is 14.1. The number of hydrogen-bond acceptors (Lipinski definition) is 5. The fourth-order valence-corrected chi connectivity index (χ4v) is 6.23. The first-order valence-electron chi connectivity index (χ1n) is 14.6. The molecule has 3 aromatic carbocycles. The lowest BCUT2D eigenvalue weighted by atomic mass is 9.79. The molecule has 1 fully saturated rings. The molecule has 2 N–H and O–H groups in total. The number of amides is 1. The van der Waals surface area contributed by atoms with Gasteiger partial charge < -0.3 is 20.3 Å². The van der Waals surface area contributed by atoms with Gasteiger partial charge in [-0.25, -0.2) is 4.79 Å². The first-order valence-corrected chi connectivity index (χ1v) is 15.0. The van der Waals surface area contributed by atoms with E-state index in [9.17, 15) is 9.59 Å². The minimum Gasteiger partial charge on any atom is -0.462 e. The summed E-state index contributed by atoms with van der Waals surface area (Å²) in [7, 11) is 0. The standard InChI is InChI=1S/C35H38ClN3O3/c1-24-31(34(40)39-20-10-18-37-19-21-39)33(28-15-9-16-29(36)23-28)32(25(2)38-24)35(41)42-22-17-30(26-11-5-3-6-12-26)27-13-7-4-8-14-27/h3-9,11-16,23,30,33,37-38H,10,17-22H2,1-2H3. The Morgan fingerprint density at radius 1 is 0.881 bits per heavy atom. The Balaban J connectivity index is 1.42. The summed E-state index contributed by atoms with van der Waals surface area (Å²) in [5.74, 6) is -1.01. The van der Waals surface area contributed by atoms with Crippen LogP contribution in [0.15, 0.2) is 107 Å². The van der Waals surface area contributed by atoms with Gasteiger partial charge in [-0.05, 0) is 62.1 Å². The number of hydrogen-bond donors (Lipinski definition) is 2. The number of carbonyl (C=O) groups excluding carboxylic acids is 2. The molecule has 0 saturated carbocycles. The molecular weight excluding hydrogens is 546 g/mol. The topological polar surface area (TPSA) is 70.7 Å². The van der Waals surface area contributed by atoms with E-state index in [0.29, 0.717) is 41.4 Å². The van der Waals surface area contributed by atoms with Crippen molar-refractivity contribution in [2.45, 2.75) is 38.5 Å². The Morgan fingerprint density at radius 3 is 2.21 bits per heavy atom. The third-order valence-electron chi connectivity index (χ3n) is 8.06. The van der Waals surface area contributed by atoms with E-state index in [0.717, 1.165) is 30.8 Å². The quantitative estimate of drug-likeness (QED) is 0.311. The van der Waals surface area contributed by atoms with Crippen LogP contribution in [-0.2, 0) is 14.3 Å². The summed E-state index contributed by atoms with van der Waals surface area (Å²) in [6, 6.07) is 28.0. The number of carbonyl (C=O) groups is 2. The van der Waals surface area contributed by atoms with E-state index >= 15 is 0 Å². The number of esters is 1. The van der Waals surface area contributed by atoms with Crippen molar-refractivity contribution in [3.05, 3.63) is 129 Å². The Morgan fingerprint density at radius 2 is 1.55 bits per heavy atom. The highest BCUT2D eigenvalue weighted by Crippen LogP contribution is 2.40. The molecule has 3 aromatic rings. The van der Waals surface area contributed by atoms with Crippen molar-refractivity contribution in [2.24, 2.45) is 0 Å². The van der Waals surface area contributed by atoms with Crippen molar-refractivity contribution in [1.29, 1.82) is 0 Å². The fourth-order valence-electron chi connectivity index (χ4n) is 6.03. The molecule has 218 valence electrons. The van der Waals surface area contributed by atoms with Gasteiger partial charge in [0.25, 0.3) is 5.91 Å². The van der Waals surface area contributed by atoms with Gasteiger partial charge in [-0.1, -0.05) is 84.4 Å². The van der Waals surface area contributed by atoms with Gasteiger partial charge in [-0.15, -0.1) is 0 Å². The van der Waals surface area contributed by atoms with Crippen LogP contribution in [0.2, 0.25) is 5.02 Å². The van der Waals surface area contributed by atoms with Crippen LogP contribution in [-0.4, -0.2) is 49.6 Å². The summed E-state index contributed by atoms with van der Waals surface area (Å²) < 4.78 is 6.01. The van der Waals surface area contributed by atoms with Gasteiger partial charge in [-0.2, -0.15) is 0 Å². The number of ether oxygens (including phenoxy) is 1. The van der Waals surface area contributed by atoms with Crippen molar-refractivity contribution in [3.63, 3.8) is 0 Å². The summed E-state index contributed by atoms with van der Waals surface area (Å²) >= 11 is 6.43. The third-order valence-corrected chi connectivity index (χ3v) is 8.30. The van der Waals surface area contributed by atoms with Gasteiger partial charge in [0.1, 0.15) is 0 Å². The lowest BCUT2D eigenvalue weighted by molar-refractivity contribution is -0.139. The third kappa shape index (κ3) is 6.77. The number of nitrogens with one attached hydrogen (secondary N) is 2. The van der Waals surface area contributed by atoms with Crippen LogP contribution < -0.4 is 10.6 Å². The van der Waals surface area contributed by atoms with Crippen LogP contribution in [0, 0.1) is 0 Å². The molecule has 0 aromatic heterocycles.